The molecule has 0 saturated carbocycles. The van der Waals surface area contributed by atoms with Gasteiger partial charge >= 0.3 is 0 Å². The molecule has 0 saturated heterocycles. The lowest BCUT2D eigenvalue weighted by Gasteiger charge is -2.11. The second-order valence-corrected chi connectivity index (χ2v) is 4.75. The van der Waals surface area contributed by atoms with Crippen LogP contribution in [0.4, 0.5) is 0 Å². The van der Waals surface area contributed by atoms with Gasteiger partial charge in [-0.05, 0) is 25.1 Å². The van der Waals surface area contributed by atoms with Crippen LogP contribution >= 0.6 is 0 Å². The lowest BCUT2D eigenvalue weighted by atomic mass is 10.2. The van der Waals surface area contributed by atoms with Crippen molar-refractivity contribution in [1.82, 2.24) is 15.1 Å². The highest BCUT2D eigenvalue weighted by molar-refractivity contribution is 5.96. The van der Waals surface area contributed by atoms with E-state index in [4.69, 9.17) is 12.2 Å². The molecule has 0 bridgehead atoms. The van der Waals surface area contributed by atoms with Crippen molar-refractivity contribution < 1.29 is 9.59 Å². The fraction of sp³-hybridized carbons (Fsp3) is 0.188. The Morgan fingerprint density at radius 1 is 1.41 bits per heavy atom. The molecule has 112 valence electrons. The summed E-state index contributed by atoms with van der Waals surface area (Å²) in [6.07, 6.45) is 5.20. The van der Waals surface area contributed by atoms with Crippen molar-refractivity contribution in [2.24, 2.45) is 5.73 Å². The predicted octanol–water partition coefficient (Wildman–Crippen LogP) is 0.788. The fourth-order valence-corrected chi connectivity index (χ4v) is 1.99. The number of primary amides is 1. The number of rotatable bonds is 5. The van der Waals surface area contributed by atoms with Gasteiger partial charge in [0.05, 0.1) is 5.69 Å². The van der Waals surface area contributed by atoms with E-state index in [9.17, 15) is 9.59 Å². The fourth-order valence-electron chi connectivity index (χ4n) is 1.99. The van der Waals surface area contributed by atoms with Gasteiger partial charge in [0.25, 0.3) is 5.91 Å². The van der Waals surface area contributed by atoms with Crippen molar-refractivity contribution >= 4 is 11.8 Å². The lowest BCUT2D eigenvalue weighted by molar-refractivity contribution is -0.119. The topological polar surface area (TPSA) is 90.0 Å². The van der Waals surface area contributed by atoms with E-state index in [0.29, 0.717) is 0 Å². The number of hydrogen-bond donors (Lipinski definition) is 2. The van der Waals surface area contributed by atoms with Gasteiger partial charge in [-0.25, -0.2) is 4.68 Å². The molecule has 6 nitrogen and oxygen atoms in total. The first-order valence-electron chi connectivity index (χ1n) is 6.68. The number of amides is 2. The number of para-hydroxylation sites is 1. The van der Waals surface area contributed by atoms with E-state index in [2.05, 4.69) is 16.3 Å². The van der Waals surface area contributed by atoms with Gasteiger partial charge in [-0.2, -0.15) is 5.10 Å². The van der Waals surface area contributed by atoms with E-state index in [1.165, 1.54) is 0 Å². The molecule has 0 radical (unpaired) electrons. The van der Waals surface area contributed by atoms with Crippen LogP contribution in [-0.2, 0) is 4.79 Å². The average molecular weight is 296 g/mol. The van der Waals surface area contributed by atoms with Gasteiger partial charge in [-0.15, -0.1) is 12.3 Å². The van der Waals surface area contributed by atoms with E-state index < -0.39 is 17.9 Å². The minimum Gasteiger partial charge on any atom is -0.368 e. The largest absolute Gasteiger partial charge is 0.368 e. The molecule has 0 aliphatic heterocycles. The molecule has 1 heterocycles. The van der Waals surface area contributed by atoms with Crippen molar-refractivity contribution in [3.63, 3.8) is 0 Å². The van der Waals surface area contributed by atoms with Crippen LogP contribution in [0.25, 0.3) is 5.69 Å². The van der Waals surface area contributed by atoms with Crippen LogP contribution < -0.4 is 11.1 Å². The number of benzene rings is 1. The van der Waals surface area contributed by atoms with Crippen LogP contribution in [-0.4, -0.2) is 27.6 Å². The van der Waals surface area contributed by atoms with E-state index in [-0.39, 0.29) is 12.1 Å². The van der Waals surface area contributed by atoms with E-state index in [0.717, 1.165) is 11.4 Å². The van der Waals surface area contributed by atoms with Gasteiger partial charge in [0.2, 0.25) is 5.91 Å². The van der Waals surface area contributed by atoms with Crippen LogP contribution in [0.5, 0.6) is 0 Å². The first-order chi connectivity index (χ1) is 10.5. The Hall–Kier alpha value is -3.07. The van der Waals surface area contributed by atoms with Crippen molar-refractivity contribution in [2.45, 2.75) is 19.4 Å². The molecule has 0 unspecified atom stereocenters. The first kappa shape index (κ1) is 15.3. The Morgan fingerprint density at radius 2 is 2.09 bits per heavy atom. The van der Waals surface area contributed by atoms with Gasteiger partial charge in [-0.3, -0.25) is 9.59 Å². The van der Waals surface area contributed by atoms with Crippen LogP contribution in [0.3, 0.4) is 0 Å². The molecular formula is C16H16N4O2. The lowest BCUT2D eigenvalue weighted by Crippen LogP contribution is -2.44. The third-order valence-electron chi connectivity index (χ3n) is 3.09. The van der Waals surface area contributed by atoms with Crippen LogP contribution in [0, 0.1) is 19.3 Å². The van der Waals surface area contributed by atoms with Gasteiger partial charge in [-0.1, -0.05) is 18.2 Å². The molecule has 22 heavy (non-hydrogen) atoms. The summed E-state index contributed by atoms with van der Waals surface area (Å²) < 4.78 is 1.65. The third-order valence-corrected chi connectivity index (χ3v) is 3.09. The van der Waals surface area contributed by atoms with E-state index >= 15 is 0 Å². The highest BCUT2D eigenvalue weighted by Crippen LogP contribution is 2.11. The molecular weight excluding hydrogens is 280 g/mol. The monoisotopic (exact) mass is 296 g/mol. The number of carbonyl (C=O) groups excluding carboxylic acids is 2. The minimum absolute atomic E-state index is 0.0411. The summed E-state index contributed by atoms with van der Waals surface area (Å²) in [7, 11) is 0. The third kappa shape index (κ3) is 3.33. The van der Waals surface area contributed by atoms with Crippen LogP contribution in [0.15, 0.2) is 36.4 Å². The molecule has 0 fully saturated rings. The molecule has 0 spiro atoms. The number of aryl methyl sites for hydroxylation is 1. The number of aromatic nitrogens is 2. The average Bonchev–Trinajstić information content (AvgIpc) is 2.89. The molecule has 1 aromatic heterocycles. The standard InChI is InChI=1S/C16H16N4O2/c1-3-7-13(15(17)21)18-16(22)14-10-11(2)20(19-14)12-8-5-4-6-9-12/h1,4-6,8-10,13H,7H2,2H3,(H2,17,21)(H,18,22)/t13-/m0/s1. The molecule has 2 rings (SSSR count). The highest BCUT2D eigenvalue weighted by Gasteiger charge is 2.20. The van der Waals surface area contributed by atoms with Crippen molar-refractivity contribution in [1.29, 1.82) is 0 Å². The summed E-state index contributed by atoms with van der Waals surface area (Å²) in [4.78, 5) is 23.4. The first-order valence-corrected chi connectivity index (χ1v) is 6.68. The SMILES string of the molecule is C#CC[C@H](NC(=O)c1cc(C)n(-c2ccccc2)n1)C(N)=O. The Balaban J connectivity index is 2.22. The Bertz CT molecular complexity index is 728. The molecule has 0 aliphatic carbocycles. The number of terminal acetylenes is 1. The summed E-state index contributed by atoms with van der Waals surface area (Å²) in [5.74, 6) is 1.14. The van der Waals surface area contributed by atoms with Gasteiger partial charge in [0, 0.05) is 12.1 Å². The summed E-state index contributed by atoms with van der Waals surface area (Å²) >= 11 is 0. The van der Waals surface area contributed by atoms with Crippen LogP contribution in [0.1, 0.15) is 22.6 Å². The van der Waals surface area contributed by atoms with Crippen LogP contribution in [0.2, 0.25) is 0 Å². The maximum Gasteiger partial charge on any atom is 0.272 e. The quantitative estimate of drug-likeness (QED) is 0.799. The zero-order valence-electron chi connectivity index (χ0n) is 12.1. The molecule has 0 aliphatic rings. The second kappa shape index (κ2) is 6.59. The molecule has 2 aromatic rings. The van der Waals surface area contributed by atoms with Gasteiger partial charge < -0.3 is 11.1 Å². The molecule has 6 heteroatoms. The normalized spacial score (nSPS) is 11.5. The van der Waals surface area contributed by atoms with E-state index in [1.54, 1.807) is 10.7 Å². The highest BCUT2D eigenvalue weighted by atomic mass is 16.2. The molecule has 3 N–H and O–H groups in total. The van der Waals surface area contributed by atoms with E-state index in [1.807, 2.05) is 37.3 Å². The predicted molar refractivity (Wildman–Crippen MR) is 82.2 cm³/mol. The number of hydrogen-bond acceptors (Lipinski definition) is 3. The summed E-state index contributed by atoms with van der Waals surface area (Å²) in [6.45, 7) is 1.84. The molecule has 1 aromatic carbocycles. The molecule has 1 atom stereocenters. The Morgan fingerprint density at radius 3 is 2.68 bits per heavy atom. The summed E-state index contributed by atoms with van der Waals surface area (Å²) in [6, 6.07) is 10.2. The number of nitrogens with zero attached hydrogens (tertiary/aromatic N) is 2. The number of nitrogens with two attached hydrogens (primary N) is 1. The summed E-state index contributed by atoms with van der Waals surface area (Å²) in [5, 5.41) is 6.75. The minimum atomic E-state index is -0.903. The van der Waals surface area contributed by atoms with Crippen molar-refractivity contribution in [3.8, 4) is 18.0 Å². The molecule has 2 amide bonds. The zero-order valence-corrected chi connectivity index (χ0v) is 12.1. The maximum absolute atomic E-state index is 12.2. The summed E-state index contributed by atoms with van der Waals surface area (Å²) in [5.41, 5.74) is 7.04. The maximum atomic E-state index is 12.2. The van der Waals surface area contributed by atoms with Gasteiger partial charge in [0.1, 0.15) is 6.04 Å². The Labute approximate surface area is 128 Å². The number of nitrogens with one attached hydrogen (secondary N) is 1. The van der Waals surface area contributed by atoms with Gasteiger partial charge in [0.15, 0.2) is 5.69 Å². The second-order valence-electron chi connectivity index (χ2n) is 4.75. The van der Waals surface area contributed by atoms with Crippen molar-refractivity contribution in [3.05, 3.63) is 47.8 Å². The Kier molecular flexibility index (Phi) is 4.59. The zero-order chi connectivity index (χ0) is 16.1. The van der Waals surface area contributed by atoms with Crippen molar-refractivity contribution in [2.75, 3.05) is 0 Å². The number of carbonyl (C=O) groups is 2. The smallest absolute Gasteiger partial charge is 0.272 e.